The number of nitrogens with zero attached hydrogens (tertiary/aromatic N) is 2. The number of rotatable bonds is 5. The predicted molar refractivity (Wildman–Crippen MR) is 114 cm³/mol. The van der Waals surface area contributed by atoms with E-state index in [1.165, 1.54) is 24.3 Å². The second-order valence-corrected chi connectivity index (χ2v) is 6.78. The topological polar surface area (TPSA) is 92.6 Å². The zero-order valence-electron chi connectivity index (χ0n) is 16.0. The van der Waals surface area contributed by atoms with Gasteiger partial charge in [0.1, 0.15) is 5.70 Å². The van der Waals surface area contributed by atoms with Crippen LogP contribution in [-0.2, 0) is 9.59 Å². The lowest BCUT2D eigenvalue weighted by Crippen LogP contribution is -2.32. The van der Waals surface area contributed by atoms with Crippen molar-refractivity contribution in [3.8, 4) is 0 Å². The van der Waals surface area contributed by atoms with E-state index in [4.69, 9.17) is 0 Å². The predicted octanol–water partition coefficient (Wildman–Crippen LogP) is 4.30. The number of hydrogen-bond donors (Lipinski definition) is 1. The largest absolute Gasteiger partial charge is 0.350 e. The molecule has 4 rings (SSSR count). The number of amides is 2. The van der Waals surface area contributed by atoms with E-state index in [2.05, 4.69) is 5.32 Å². The zero-order valence-corrected chi connectivity index (χ0v) is 16.0. The summed E-state index contributed by atoms with van der Waals surface area (Å²) in [5.74, 6) is -0.973. The van der Waals surface area contributed by atoms with Crippen molar-refractivity contribution in [1.29, 1.82) is 0 Å². The maximum atomic E-state index is 13.3. The average Bonchev–Trinajstić information content (AvgIpc) is 3.00. The van der Waals surface area contributed by atoms with Crippen molar-refractivity contribution in [2.75, 3.05) is 10.2 Å². The Labute approximate surface area is 172 Å². The summed E-state index contributed by atoms with van der Waals surface area (Å²) in [6, 6.07) is 21.7. The number of nitrogens with one attached hydrogen (secondary N) is 1. The molecule has 0 saturated carbocycles. The van der Waals surface area contributed by atoms with Gasteiger partial charge in [-0.15, -0.1) is 0 Å². The van der Waals surface area contributed by atoms with Gasteiger partial charge in [-0.05, 0) is 48.4 Å². The second kappa shape index (κ2) is 7.63. The van der Waals surface area contributed by atoms with Gasteiger partial charge in [-0.2, -0.15) is 0 Å². The van der Waals surface area contributed by atoms with E-state index in [9.17, 15) is 19.7 Å². The number of para-hydroxylation sites is 2. The SMILES string of the molecule is Cc1ccccc1NC1=C(c2ccc([N+](=O)[O-])cc2)C(=O)N(c2ccccc2)C1=O. The minimum atomic E-state index is -0.511. The molecule has 0 unspecified atom stereocenters. The highest BCUT2D eigenvalue weighted by Crippen LogP contribution is 2.34. The molecule has 148 valence electrons. The highest BCUT2D eigenvalue weighted by molar-refractivity contribution is 6.46. The summed E-state index contributed by atoms with van der Waals surface area (Å²) in [5, 5.41) is 14.1. The monoisotopic (exact) mass is 399 g/mol. The summed E-state index contributed by atoms with van der Waals surface area (Å²) < 4.78 is 0. The third-order valence-electron chi connectivity index (χ3n) is 4.87. The smallest absolute Gasteiger partial charge is 0.282 e. The number of anilines is 2. The van der Waals surface area contributed by atoms with Gasteiger partial charge in [0.2, 0.25) is 0 Å². The van der Waals surface area contributed by atoms with Gasteiger partial charge in [-0.25, -0.2) is 4.90 Å². The Bertz CT molecular complexity index is 1180. The first-order valence-corrected chi connectivity index (χ1v) is 9.23. The van der Waals surface area contributed by atoms with Gasteiger partial charge >= 0.3 is 0 Å². The molecule has 0 bridgehead atoms. The molecule has 1 heterocycles. The van der Waals surface area contributed by atoms with Gasteiger partial charge in [0.15, 0.2) is 0 Å². The number of aryl methyl sites for hydroxylation is 1. The highest BCUT2D eigenvalue weighted by atomic mass is 16.6. The van der Waals surface area contributed by atoms with Crippen LogP contribution in [0, 0.1) is 17.0 Å². The van der Waals surface area contributed by atoms with Crippen molar-refractivity contribution in [2.24, 2.45) is 0 Å². The molecular weight excluding hydrogens is 382 g/mol. The standard InChI is InChI=1S/C23H17N3O4/c1-15-7-5-6-10-19(15)24-21-20(16-11-13-18(14-12-16)26(29)30)22(27)25(23(21)28)17-8-3-2-4-9-17/h2-14,24H,1H3. The molecule has 0 saturated heterocycles. The third-order valence-corrected chi connectivity index (χ3v) is 4.87. The summed E-state index contributed by atoms with van der Waals surface area (Å²) in [7, 11) is 0. The molecule has 0 atom stereocenters. The quantitative estimate of drug-likeness (QED) is 0.392. The first-order valence-electron chi connectivity index (χ1n) is 9.23. The summed E-state index contributed by atoms with van der Waals surface area (Å²) in [6.07, 6.45) is 0. The van der Waals surface area contributed by atoms with Crippen molar-refractivity contribution >= 4 is 34.4 Å². The molecule has 7 nitrogen and oxygen atoms in total. The average molecular weight is 399 g/mol. The number of nitro groups is 1. The van der Waals surface area contributed by atoms with Gasteiger partial charge in [0, 0.05) is 17.8 Å². The van der Waals surface area contributed by atoms with Crippen molar-refractivity contribution in [2.45, 2.75) is 6.92 Å². The number of hydrogen-bond acceptors (Lipinski definition) is 5. The van der Waals surface area contributed by atoms with Crippen LogP contribution in [0.2, 0.25) is 0 Å². The van der Waals surface area contributed by atoms with Crippen molar-refractivity contribution in [3.05, 3.63) is 106 Å². The number of carbonyl (C=O) groups is 2. The Morgan fingerprint density at radius 1 is 0.833 bits per heavy atom. The lowest BCUT2D eigenvalue weighted by Gasteiger charge is -2.15. The van der Waals surface area contributed by atoms with E-state index in [-0.39, 0.29) is 17.0 Å². The van der Waals surface area contributed by atoms with Crippen LogP contribution >= 0.6 is 0 Å². The van der Waals surface area contributed by atoms with Crippen molar-refractivity contribution in [1.82, 2.24) is 0 Å². The van der Waals surface area contributed by atoms with Crippen LogP contribution in [0.3, 0.4) is 0 Å². The Hall–Kier alpha value is -4.26. The fraction of sp³-hybridized carbons (Fsp3) is 0.0435. The number of benzene rings is 3. The van der Waals surface area contributed by atoms with E-state index in [0.717, 1.165) is 10.5 Å². The lowest BCUT2D eigenvalue weighted by atomic mass is 10.0. The normalized spacial score (nSPS) is 13.7. The molecule has 3 aromatic carbocycles. The van der Waals surface area contributed by atoms with E-state index < -0.39 is 16.7 Å². The van der Waals surface area contributed by atoms with Crippen LogP contribution in [0.25, 0.3) is 5.57 Å². The molecule has 0 fully saturated rings. The van der Waals surface area contributed by atoms with E-state index in [1.54, 1.807) is 30.3 Å². The van der Waals surface area contributed by atoms with Crippen LogP contribution in [-0.4, -0.2) is 16.7 Å². The molecule has 3 aromatic rings. The Morgan fingerprint density at radius 2 is 1.47 bits per heavy atom. The molecule has 0 spiro atoms. The fourth-order valence-electron chi connectivity index (χ4n) is 3.32. The maximum absolute atomic E-state index is 13.3. The lowest BCUT2D eigenvalue weighted by molar-refractivity contribution is -0.384. The Balaban J connectivity index is 1.83. The molecule has 1 N–H and O–H groups in total. The van der Waals surface area contributed by atoms with Crippen LogP contribution < -0.4 is 10.2 Å². The number of imide groups is 1. The Morgan fingerprint density at radius 3 is 2.10 bits per heavy atom. The van der Waals surface area contributed by atoms with E-state index in [0.29, 0.717) is 16.9 Å². The molecular formula is C23H17N3O4. The van der Waals surface area contributed by atoms with Crippen LogP contribution in [0.15, 0.2) is 84.6 Å². The number of nitro benzene ring substituents is 1. The van der Waals surface area contributed by atoms with Crippen LogP contribution in [0.4, 0.5) is 17.1 Å². The van der Waals surface area contributed by atoms with Crippen molar-refractivity contribution in [3.63, 3.8) is 0 Å². The fourth-order valence-corrected chi connectivity index (χ4v) is 3.32. The molecule has 2 amide bonds. The third kappa shape index (κ3) is 3.33. The summed E-state index contributed by atoms with van der Waals surface area (Å²) in [5.41, 5.74) is 2.69. The molecule has 0 aromatic heterocycles. The van der Waals surface area contributed by atoms with Crippen LogP contribution in [0.5, 0.6) is 0 Å². The first-order chi connectivity index (χ1) is 14.5. The second-order valence-electron chi connectivity index (χ2n) is 6.78. The molecule has 1 aliphatic rings. The zero-order chi connectivity index (χ0) is 21.3. The van der Waals surface area contributed by atoms with E-state index >= 15 is 0 Å². The number of non-ortho nitro benzene ring substituents is 1. The Kier molecular flexibility index (Phi) is 4.85. The van der Waals surface area contributed by atoms with E-state index in [1.807, 2.05) is 31.2 Å². The highest BCUT2D eigenvalue weighted by Gasteiger charge is 2.40. The molecule has 1 aliphatic heterocycles. The molecule has 7 heteroatoms. The summed E-state index contributed by atoms with van der Waals surface area (Å²) >= 11 is 0. The van der Waals surface area contributed by atoms with Gasteiger partial charge in [-0.1, -0.05) is 36.4 Å². The van der Waals surface area contributed by atoms with Gasteiger partial charge < -0.3 is 5.32 Å². The van der Waals surface area contributed by atoms with Gasteiger partial charge in [0.25, 0.3) is 17.5 Å². The first kappa shape index (κ1) is 19.1. The van der Waals surface area contributed by atoms with Crippen molar-refractivity contribution < 1.29 is 14.5 Å². The molecule has 0 radical (unpaired) electrons. The summed E-state index contributed by atoms with van der Waals surface area (Å²) in [6.45, 7) is 1.89. The number of carbonyl (C=O) groups excluding carboxylic acids is 2. The summed E-state index contributed by atoms with van der Waals surface area (Å²) in [4.78, 5) is 38.1. The molecule has 30 heavy (non-hydrogen) atoms. The minimum absolute atomic E-state index is 0.0931. The minimum Gasteiger partial charge on any atom is -0.350 e. The maximum Gasteiger partial charge on any atom is 0.282 e. The molecule has 0 aliphatic carbocycles. The van der Waals surface area contributed by atoms with Crippen LogP contribution in [0.1, 0.15) is 11.1 Å². The van der Waals surface area contributed by atoms with Gasteiger partial charge in [-0.3, -0.25) is 19.7 Å². The van der Waals surface area contributed by atoms with Gasteiger partial charge in [0.05, 0.1) is 16.2 Å².